The van der Waals surface area contributed by atoms with Gasteiger partial charge < -0.3 is 14.8 Å². The quantitative estimate of drug-likeness (QED) is 0.399. The van der Waals surface area contributed by atoms with Crippen LogP contribution in [0.5, 0.6) is 0 Å². The monoisotopic (exact) mass is 543 g/mol. The van der Waals surface area contributed by atoms with Gasteiger partial charge in [0.1, 0.15) is 6.54 Å². The number of hydrogen-bond acceptors (Lipinski definition) is 9. The Kier molecular flexibility index (Phi) is 9.29. The Morgan fingerprint density at radius 3 is 2.55 bits per heavy atom. The number of benzene rings is 1. The van der Waals surface area contributed by atoms with Gasteiger partial charge in [0.05, 0.1) is 37.2 Å². The molecule has 3 atom stereocenters. The fourth-order valence-electron chi connectivity index (χ4n) is 5.62. The van der Waals surface area contributed by atoms with Crippen molar-refractivity contribution in [1.82, 2.24) is 25.1 Å². The average Bonchev–Trinajstić information content (AvgIpc) is 3.43. The molecule has 10 nitrogen and oxygen atoms in total. The van der Waals surface area contributed by atoms with Crippen LogP contribution in [0.15, 0.2) is 53.7 Å². The summed E-state index contributed by atoms with van der Waals surface area (Å²) in [7, 11) is 0. The van der Waals surface area contributed by atoms with Gasteiger partial charge in [-0.25, -0.2) is 15.0 Å². The number of likely N-dealkylation sites (tertiary alicyclic amines) is 2. The number of aliphatic imine (C=N–C) groups is 1. The smallest absolute Gasteiger partial charge is 0.252 e. The number of amides is 1. The molecule has 0 aliphatic carbocycles. The van der Waals surface area contributed by atoms with Crippen LogP contribution in [0.4, 0.5) is 5.95 Å². The van der Waals surface area contributed by atoms with Crippen LogP contribution in [0.25, 0.3) is 11.3 Å². The number of hydrogen-bond donors (Lipinski definition) is 1. The number of allylic oxidation sites excluding steroid dienone is 1. The molecule has 3 fully saturated rings. The zero-order valence-corrected chi connectivity index (χ0v) is 23.2. The summed E-state index contributed by atoms with van der Waals surface area (Å²) >= 11 is 0. The molecule has 3 aliphatic heterocycles. The van der Waals surface area contributed by atoms with Gasteiger partial charge in [0.15, 0.2) is 0 Å². The van der Waals surface area contributed by atoms with E-state index in [9.17, 15) is 4.79 Å². The summed E-state index contributed by atoms with van der Waals surface area (Å²) in [5.41, 5.74) is 2.90. The molecular weight excluding hydrogens is 506 g/mol. The molecular formula is C30H37N7O3. The average molecular weight is 544 g/mol. The maximum Gasteiger partial charge on any atom is 0.252 e. The Labute approximate surface area is 235 Å². The summed E-state index contributed by atoms with van der Waals surface area (Å²) in [5, 5.41) is 11.2. The number of carbonyl (C=O) groups is 1. The highest BCUT2D eigenvalue weighted by Gasteiger charge is 2.40. The minimum Gasteiger partial charge on any atom is -0.372 e. The van der Waals surface area contributed by atoms with Crippen molar-refractivity contribution in [2.75, 3.05) is 45.9 Å². The first-order valence-electron chi connectivity index (χ1n) is 14.0. The van der Waals surface area contributed by atoms with Crippen LogP contribution in [0.3, 0.4) is 0 Å². The summed E-state index contributed by atoms with van der Waals surface area (Å²) < 4.78 is 11.8. The molecule has 210 valence electrons. The van der Waals surface area contributed by atoms with Crippen molar-refractivity contribution in [3.05, 3.63) is 54.2 Å². The number of carbonyl (C=O) groups excluding carboxylic acids is 1. The lowest BCUT2D eigenvalue weighted by Gasteiger charge is -2.38. The Balaban J connectivity index is 1.13. The van der Waals surface area contributed by atoms with Gasteiger partial charge in [-0.05, 0) is 51.0 Å². The van der Waals surface area contributed by atoms with E-state index in [1.165, 1.54) is 0 Å². The molecule has 0 saturated carbocycles. The van der Waals surface area contributed by atoms with Crippen molar-refractivity contribution in [2.24, 2.45) is 4.99 Å². The summed E-state index contributed by atoms with van der Waals surface area (Å²) in [6.07, 6.45) is 8.75. The van der Waals surface area contributed by atoms with E-state index in [1.807, 2.05) is 37.3 Å². The predicted octanol–water partition coefficient (Wildman–Crippen LogP) is 3.00. The molecule has 0 spiro atoms. The van der Waals surface area contributed by atoms with Crippen LogP contribution in [0.1, 0.15) is 37.0 Å². The fraction of sp³-hybridized carbons (Fsp3) is 0.500. The molecule has 1 amide bonds. The molecule has 10 heteroatoms. The van der Waals surface area contributed by atoms with E-state index < -0.39 is 0 Å². The number of rotatable bonds is 8. The first-order chi connectivity index (χ1) is 19.5. The summed E-state index contributed by atoms with van der Waals surface area (Å²) in [4.78, 5) is 30.6. The second kappa shape index (κ2) is 13.2. The number of aromatic nitrogens is 2. The summed E-state index contributed by atoms with van der Waals surface area (Å²) in [6, 6.07) is 11.7. The molecule has 2 aromatic rings. The number of nitrogens with one attached hydrogen (secondary N) is 1. The lowest BCUT2D eigenvalue weighted by Crippen LogP contribution is -2.46. The van der Waals surface area contributed by atoms with Gasteiger partial charge in [-0.1, -0.05) is 18.2 Å². The third-order valence-corrected chi connectivity index (χ3v) is 7.89. The number of fused-ring (bicyclic) bond motifs is 1. The van der Waals surface area contributed by atoms with Gasteiger partial charge in [0.2, 0.25) is 5.95 Å². The first kappa shape index (κ1) is 28.1. The Bertz CT molecular complexity index is 1250. The molecule has 1 aromatic heterocycles. The minimum absolute atomic E-state index is 0.0231. The van der Waals surface area contributed by atoms with Crippen LogP contribution < -0.4 is 5.32 Å². The second-order valence-electron chi connectivity index (χ2n) is 10.6. The van der Waals surface area contributed by atoms with Crippen LogP contribution in [-0.2, 0) is 9.47 Å². The lowest BCUT2D eigenvalue weighted by molar-refractivity contribution is -0.116. The van der Waals surface area contributed by atoms with E-state index in [0.717, 1.165) is 69.2 Å². The van der Waals surface area contributed by atoms with Crippen molar-refractivity contribution in [2.45, 2.75) is 51.0 Å². The molecule has 0 radical (unpaired) electrons. The van der Waals surface area contributed by atoms with E-state index in [2.05, 4.69) is 43.1 Å². The zero-order valence-electron chi connectivity index (χ0n) is 23.2. The largest absolute Gasteiger partial charge is 0.372 e. The SMILES string of the molecule is CC(/C=C\C(C)N1CCC(N2CC3OCCOC3C2)CC1)=Nc1nccc(-c2ccc(C(=O)NCC#N)cc2)n1. The molecule has 1 aromatic carbocycles. The number of ether oxygens (including phenoxy) is 2. The van der Waals surface area contributed by atoms with Crippen molar-refractivity contribution in [3.63, 3.8) is 0 Å². The fourth-order valence-corrected chi connectivity index (χ4v) is 5.62. The third-order valence-electron chi connectivity index (χ3n) is 7.89. The van der Waals surface area contributed by atoms with Crippen LogP contribution in [0, 0.1) is 11.3 Å². The number of piperidine rings is 1. The number of nitrogens with zero attached hydrogens (tertiary/aromatic N) is 6. The van der Waals surface area contributed by atoms with Crippen molar-refractivity contribution in [3.8, 4) is 17.3 Å². The highest BCUT2D eigenvalue weighted by Crippen LogP contribution is 2.27. The molecule has 4 heterocycles. The van der Waals surface area contributed by atoms with E-state index in [0.29, 0.717) is 23.6 Å². The molecule has 3 aliphatic rings. The first-order valence-corrected chi connectivity index (χ1v) is 14.0. The third kappa shape index (κ3) is 6.98. The second-order valence-corrected chi connectivity index (χ2v) is 10.6. The normalized spacial score (nSPS) is 23.6. The maximum absolute atomic E-state index is 12.0. The van der Waals surface area contributed by atoms with E-state index in [1.54, 1.807) is 18.3 Å². The van der Waals surface area contributed by atoms with E-state index in [-0.39, 0.29) is 24.7 Å². The standard InChI is InChI=1S/C30H37N7O3/c1-21(34-30-33-13-9-26(35-30)23-5-7-24(8-6-23)29(38)32-14-12-31)3-4-22(2)36-15-10-25(11-16-36)37-19-27-28(20-37)40-18-17-39-27/h3-9,13,22,25,27-28H,10-11,14-20H2,1-2H3,(H,32,38)/b4-3-,34-21?. The summed E-state index contributed by atoms with van der Waals surface area (Å²) in [6.45, 7) is 9.74. The van der Waals surface area contributed by atoms with Crippen LogP contribution in [0.2, 0.25) is 0 Å². The van der Waals surface area contributed by atoms with Crippen LogP contribution >= 0.6 is 0 Å². The van der Waals surface area contributed by atoms with Gasteiger partial charge in [-0.15, -0.1) is 0 Å². The van der Waals surface area contributed by atoms with Crippen molar-refractivity contribution in [1.29, 1.82) is 5.26 Å². The topological polar surface area (TPSA) is 116 Å². The zero-order chi connectivity index (χ0) is 27.9. The van der Waals surface area contributed by atoms with Gasteiger partial charge in [0, 0.05) is 61.3 Å². The summed E-state index contributed by atoms with van der Waals surface area (Å²) in [5.74, 6) is 0.111. The highest BCUT2D eigenvalue weighted by molar-refractivity contribution is 5.95. The maximum atomic E-state index is 12.0. The van der Waals surface area contributed by atoms with Gasteiger partial charge in [0.25, 0.3) is 5.91 Å². The van der Waals surface area contributed by atoms with Gasteiger partial charge >= 0.3 is 0 Å². The van der Waals surface area contributed by atoms with E-state index >= 15 is 0 Å². The van der Waals surface area contributed by atoms with Crippen molar-refractivity contribution < 1.29 is 14.3 Å². The Morgan fingerprint density at radius 1 is 1.18 bits per heavy atom. The lowest BCUT2D eigenvalue weighted by atomic mass is 10.0. The molecule has 5 rings (SSSR count). The van der Waals surface area contributed by atoms with E-state index in [4.69, 9.17) is 14.7 Å². The Morgan fingerprint density at radius 2 is 1.88 bits per heavy atom. The molecule has 40 heavy (non-hydrogen) atoms. The van der Waals surface area contributed by atoms with Crippen molar-refractivity contribution >= 4 is 17.6 Å². The molecule has 1 N–H and O–H groups in total. The number of nitriles is 1. The molecule has 0 bridgehead atoms. The molecule has 3 unspecified atom stereocenters. The minimum atomic E-state index is -0.281. The highest BCUT2D eigenvalue weighted by atomic mass is 16.6. The predicted molar refractivity (Wildman–Crippen MR) is 152 cm³/mol. The van der Waals surface area contributed by atoms with Gasteiger partial charge in [-0.3, -0.25) is 14.6 Å². The molecule has 3 saturated heterocycles. The van der Waals surface area contributed by atoms with Gasteiger partial charge in [-0.2, -0.15) is 5.26 Å². The Hall–Kier alpha value is -3.49. The van der Waals surface area contributed by atoms with Crippen LogP contribution in [-0.4, -0.2) is 102 Å².